The Morgan fingerprint density at radius 3 is 2.60 bits per heavy atom. The minimum Gasteiger partial charge on any atom is -0.298 e. The molecule has 2 aromatic rings. The fraction of sp³-hybridized carbons (Fsp3) is 0.188. The molecule has 2 aromatic carbocycles. The number of halogens is 2. The van der Waals surface area contributed by atoms with Gasteiger partial charge >= 0.3 is 0 Å². The molecule has 0 bridgehead atoms. The standard InChI is InChI=1S/C16H14BrFOS/c1-11-2-5-14(18)8-12(11)9-15(19)10-20-16-6-3-13(17)4-7-16/h2-8H,9-10H2,1H3. The summed E-state index contributed by atoms with van der Waals surface area (Å²) in [5.74, 6) is 0.211. The molecule has 0 spiro atoms. The van der Waals surface area contributed by atoms with Gasteiger partial charge in [-0.3, -0.25) is 4.79 Å². The highest BCUT2D eigenvalue weighted by molar-refractivity contribution is 9.10. The Kier molecular flexibility index (Phi) is 5.38. The quantitative estimate of drug-likeness (QED) is 0.719. The van der Waals surface area contributed by atoms with Crippen LogP contribution in [0.15, 0.2) is 51.8 Å². The van der Waals surface area contributed by atoms with E-state index in [1.54, 1.807) is 6.07 Å². The van der Waals surface area contributed by atoms with Gasteiger partial charge in [-0.1, -0.05) is 22.0 Å². The first-order valence-corrected chi connectivity index (χ1v) is 7.97. The second-order valence-corrected chi connectivity index (χ2v) is 6.49. The van der Waals surface area contributed by atoms with Crippen LogP contribution in [-0.4, -0.2) is 11.5 Å². The number of Topliss-reactive ketones (excluding diaryl/α,β-unsaturated/α-hetero) is 1. The molecule has 0 fully saturated rings. The van der Waals surface area contributed by atoms with Crippen LogP contribution in [0.1, 0.15) is 11.1 Å². The van der Waals surface area contributed by atoms with E-state index in [4.69, 9.17) is 0 Å². The largest absolute Gasteiger partial charge is 0.298 e. The Labute approximate surface area is 130 Å². The maximum Gasteiger partial charge on any atom is 0.147 e. The molecule has 0 heterocycles. The molecule has 1 nitrogen and oxygen atoms in total. The first-order chi connectivity index (χ1) is 9.54. The summed E-state index contributed by atoms with van der Waals surface area (Å²) in [5, 5.41) is 0. The van der Waals surface area contributed by atoms with Crippen LogP contribution in [-0.2, 0) is 11.2 Å². The summed E-state index contributed by atoms with van der Waals surface area (Å²) in [6.45, 7) is 1.89. The van der Waals surface area contributed by atoms with Gasteiger partial charge in [0.25, 0.3) is 0 Å². The van der Waals surface area contributed by atoms with Crippen LogP contribution in [0.2, 0.25) is 0 Å². The van der Waals surface area contributed by atoms with Gasteiger partial charge in [-0.05, 0) is 54.4 Å². The van der Waals surface area contributed by atoms with Crippen LogP contribution >= 0.6 is 27.7 Å². The molecule has 0 atom stereocenters. The Balaban J connectivity index is 1.92. The summed E-state index contributed by atoms with van der Waals surface area (Å²) >= 11 is 4.88. The molecule has 0 N–H and O–H groups in total. The van der Waals surface area contributed by atoms with Crippen molar-refractivity contribution >= 4 is 33.5 Å². The molecule has 0 aromatic heterocycles. The van der Waals surface area contributed by atoms with Crippen LogP contribution in [0.5, 0.6) is 0 Å². The smallest absolute Gasteiger partial charge is 0.147 e. The summed E-state index contributed by atoms with van der Waals surface area (Å²) in [7, 11) is 0. The van der Waals surface area contributed by atoms with Gasteiger partial charge in [0.1, 0.15) is 11.6 Å². The van der Waals surface area contributed by atoms with Gasteiger partial charge in [0.05, 0.1) is 5.75 Å². The fourth-order valence-electron chi connectivity index (χ4n) is 1.79. The predicted octanol–water partition coefficient (Wildman–Crippen LogP) is 4.80. The monoisotopic (exact) mass is 352 g/mol. The Hall–Kier alpha value is -1.13. The lowest BCUT2D eigenvalue weighted by atomic mass is 10.0. The molecule has 0 saturated carbocycles. The van der Waals surface area contributed by atoms with Gasteiger partial charge in [-0.25, -0.2) is 4.39 Å². The lowest BCUT2D eigenvalue weighted by Gasteiger charge is -2.05. The van der Waals surface area contributed by atoms with Crippen molar-refractivity contribution in [3.8, 4) is 0 Å². The van der Waals surface area contributed by atoms with Crippen LogP contribution in [0, 0.1) is 12.7 Å². The third-order valence-electron chi connectivity index (χ3n) is 2.91. The number of hydrogen-bond acceptors (Lipinski definition) is 2. The molecule has 0 aliphatic heterocycles. The number of aryl methyl sites for hydroxylation is 1. The second kappa shape index (κ2) is 7.04. The third-order valence-corrected chi connectivity index (χ3v) is 4.51. The number of hydrogen-bond donors (Lipinski definition) is 0. The third kappa shape index (κ3) is 4.46. The van der Waals surface area contributed by atoms with E-state index in [-0.39, 0.29) is 18.0 Å². The maximum atomic E-state index is 13.2. The number of thioether (sulfide) groups is 1. The van der Waals surface area contributed by atoms with Gasteiger partial charge in [0.15, 0.2) is 0 Å². The highest BCUT2D eigenvalue weighted by Crippen LogP contribution is 2.21. The number of rotatable bonds is 5. The molecular weight excluding hydrogens is 339 g/mol. The molecule has 0 amide bonds. The molecule has 2 rings (SSSR count). The second-order valence-electron chi connectivity index (χ2n) is 4.53. The molecule has 0 saturated heterocycles. The van der Waals surface area contributed by atoms with Crippen molar-refractivity contribution < 1.29 is 9.18 Å². The summed E-state index contributed by atoms with van der Waals surface area (Å²) in [6.07, 6.45) is 0.285. The van der Waals surface area contributed by atoms with Crippen LogP contribution in [0.3, 0.4) is 0 Å². The Morgan fingerprint density at radius 1 is 1.20 bits per heavy atom. The van der Waals surface area contributed by atoms with Gasteiger partial charge in [0.2, 0.25) is 0 Å². The first-order valence-electron chi connectivity index (χ1n) is 6.19. The molecule has 0 aliphatic rings. The van der Waals surface area contributed by atoms with Crippen LogP contribution in [0.25, 0.3) is 0 Å². The van der Waals surface area contributed by atoms with Gasteiger partial charge in [-0.15, -0.1) is 11.8 Å². The lowest BCUT2D eigenvalue weighted by Crippen LogP contribution is -2.07. The van der Waals surface area contributed by atoms with E-state index in [0.29, 0.717) is 5.75 Å². The van der Waals surface area contributed by atoms with Crippen LogP contribution in [0.4, 0.5) is 4.39 Å². The summed E-state index contributed by atoms with van der Waals surface area (Å²) in [5.41, 5.74) is 1.72. The normalized spacial score (nSPS) is 10.6. The van der Waals surface area contributed by atoms with Crippen molar-refractivity contribution in [2.24, 2.45) is 0 Å². The number of benzene rings is 2. The Bertz CT molecular complexity index is 610. The van der Waals surface area contributed by atoms with Gasteiger partial charge in [0, 0.05) is 15.8 Å². The van der Waals surface area contributed by atoms with Crippen molar-refractivity contribution in [1.29, 1.82) is 0 Å². The zero-order valence-corrected chi connectivity index (χ0v) is 13.4. The topological polar surface area (TPSA) is 17.1 Å². The molecular formula is C16H14BrFOS. The average Bonchev–Trinajstić information content (AvgIpc) is 2.42. The van der Waals surface area contributed by atoms with Crippen molar-refractivity contribution in [2.45, 2.75) is 18.2 Å². The minimum absolute atomic E-state index is 0.103. The van der Waals surface area contributed by atoms with Gasteiger partial charge < -0.3 is 0 Å². The number of ketones is 1. The van der Waals surface area contributed by atoms with E-state index in [9.17, 15) is 9.18 Å². The predicted molar refractivity (Wildman–Crippen MR) is 84.7 cm³/mol. The summed E-state index contributed by atoms with van der Waals surface area (Å²) < 4.78 is 14.2. The van der Waals surface area contributed by atoms with E-state index < -0.39 is 0 Å². The maximum absolute atomic E-state index is 13.2. The number of carbonyl (C=O) groups is 1. The summed E-state index contributed by atoms with van der Waals surface area (Å²) in [6, 6.07) is 12.4. The van der Waals surface area contributed by atoms with Crippen molar-refractivity contribution in [3.63, 3.8) is 0 Å². The SMILES string of the molecule is Cc1ccc(F)cc1CC(=O)CSc1ccc(Br)cc1. The van der Waals surface area contributed by atoms with Crippen LogP contribution < -0.4 is 0 Å². The van der Waals surface area contributed by atoms with Gasteiger partial charge in [-0.2, -0.15) is 0 Å². The first kappa shape index (κ1) is 15.3. The number of carbonyl (C=O) groups excluding carboxylic acids is 1. The van der Waals surface area contributed by atoms with Crippen molar-refractivity contribution in [1.82, 2.24) is 0 Å². The minimum atomic E-state index is -0.293. The Morgan fingerprint density at radius 2 is 1.90 bits per heavy atom. The highest BCUT2D eigenvalue weighted by atomic mass is 79.9. The fourth-order valence-corrected chi connectivity index (χ4v) is 2.81. The van der Waals surface area contributed by atoms with E-state index in [1.165, 1.54) is 23.9 Å². The average molecular weight is 353 g/mol. The molecule has 0 radical (unpaired) electrons. The molecule has 4 heteroatoms. The van der Waals surface area contributed by atoms with Crippen molar-refractivity contribution in [2.75, 3.05) is 5.75 Å². The van der Waals surface area contributed by atoms with E-state index in [1.807, 2.05) is 31.2 Å². The zero-order valence-electron chi connectivity index (χ0n) is 11.0. The molecule has 104 valence electrons. The zero-order chi connectivity index (χ0) is 14.5. The summed E-state index contributed by atoms with van der Waals surface area (Å²) in [4.78, 5) is 13.0. The van der Waals surface area contributed by atoms with Crippen molar-refractivity contribution in [3.05, 3.63) is 63.9 Å². The lowest BCUT2D eigenvalue weighted by molar-refractivity contribution is -0.116. The molecule has 0 aliphatic carbocycles. The van der Waals surface area contributed by atoms with E-state index in [2.05, 4.69) is 15.9 Å². The molecule has 20 heavy (non-hydrogen) atoms. The van der Waals surface area contributed by atoms with E-state index >= 15 is 0 Å². The highest BCUT2D eigenvalue weighted by Gasteiger charge is 2.08. The van der Waals surface area contributed by atoms with E-state index in [0.717, 1.165) is 20.5 Å². The molecule has 0 unspecified atom stereocenters.